The molecule has 2 N–H and O–H groups in total. The largest absolute Gasteiger partial charge is 1.00 e. The van der Waals surface area contributed by atoms with E-state index in [1.165, 1.54) is 0 Å². The van der Waals surface area contributed by atoms with Gasteiger partial charge in [-0.15, -0.1) is 0 Å². The van der Waals surface area contributed by atoms with Crippen molar-refractivity contribution in [2.45, 2.75) is 37.6 Å². The third kappa shape index (κ3) is 2.80. The van der Waals surface area contributed by atoms with Gasteiger partial charge in [-0.05, 0) is 12.8 Å². The molecule has 1 rings (SSSR count). The second kappa shape index (κ2) is 3.49. The standard InChI is InChI=1S/C6H11F2N.ClH/c7-6(8)3-1-2-5(9)4-6;/h5H,1-4,9H2;1H/p-1. The van der Waals surface area contributed by atoms with E-state index in [-0.39, 0.29) is 31.3 Å². The lowest BCUT2D eigenvalue weighted by Crippen LogP contribution is -3.00. The van der Waals surface area contributed by atoms with Crippen LogP contribution in [-0.4, -0.2) is 12.0 Å². The van der Waals surface area contributed by atoms with Gasteiger partial charge in [-0.2, -0.15) is 0 Å². The van der Waals surface area contributed by atoms with E-state index in [1.807, 2.05) is 0 Å². The molecule has 0 aliphatic heterocycles. The number of hydrogen-bond acceptors (Lipinski definition) is 1. The van der Waals surface area contributed by atoms with Crippen molar-refractivity contribution in [3.05, 3.63) is 0 Å². The van der Waals surface area contributed by atoms with Crippen molar-refractivity contribution in [1.29, 1.82) is 0 Å². The maximum absolute atomic E-state index is 12.4. The number of rotatable bonds is 0. The normalized spacial score (nSPS) is 30.9. The Hall–Kier alpha value is 0.110. The highest BCUT2D eigenvalue weighted by atomic mass is 35.5. The Bertz CT molecular complexity index is 108. The molecular weight excluding hydrogens is 160 g/mol. The van der Waals surface area contributed by atoms with Crippen LogP contribution in [-0.2, 0) is 0 Å². The van der Waals surface area contributed by atoms with Crippen LogP contribution in [0.5, 0.6) is 0 Å². The van der Waals surface area contributed by atoms with E-state index in [1.54, 1.807) is 0 Å². The maximum Gasteiger partial charge on any atom is 0.249 e. The summed E-state index contributed by atoms with van der Waals surface area (Å²) >= 11 is 0. The smallest absolute Gasteiger partial charge is 0.249 e. The molecule has 0 aromatic carbocycles. The molecule has 0 saturated heterocycles. The summed E-state index contributed by atoms with van der Waals surface area (Å²) in [5.74, 6) is -2.47. The molecule has 0 aromatic rings. The summed E-state index contributed by atoms with van der Waals surface area (Å²) < 4.78 is 24.7. The first-order valence-corrected chi connectivity index (χ1v) is 3.23. The van der Waals surface area contributed by atoms with Crippen molar-refractivity contribution >= 4 is 0 Å². The molecule has 0 amide bonds. The molecule has 10 heavy (non-hydrogen) atoms. The summed E-state index contributed by atoms with van der Waals surface area (Å²) in [7, 11) is 0. The van der Waals surface area contributed by atoms with Gasteiger partial charge in [-0.1, -0.05) is 0 Å². The first-order valence-electron chi connectivity index (χ1n) is 3.23. The molecule has 0 bridgehead atoms. The fraction of sp³-hybridized carbons (Fsp3) is 1.00. The van der Waals surface area contributed by atoms with Crippen LogP contribution < -0.4 is 18.1 Å². The summed E-state index contributed by atoms with van der Waals surface area (Å²) in [6.45, 7) is 0. The van der Waals surface area contributed by atoms with Crippen LogP contribution in [0.4, 0.5) is 8.78 Å². The molecule has 0 aromatic heterocycles. The van der Waals surface area contributed by atoms with Crippen LogP contribution in [0.2, 0.25) is 0 Å². The first-order chi connectivity index (χ1) is 4.10. The first kappa shape index (κ1) is 10.1. The third-order valence-corrected chi connectivity index (χ3v) is 1.68. The monoisotopic (exact) mass is 170 g/mol. The van der Waals surface area contributed by atoms with Gasteiger partial charge in [-0.3, -0.25) is 0 Å². The predicted octanol–water partition coefficient (Wildman–Crippen LogP) is -1.47. The molecule has 0 spiro atoms. The Labute approximate surface area is 65.4 Å². The zero-order valence-corrected chi connectivity index (χ0v) is 6.37. The molecule has 1 fully saturated rings. The molecular formula is C6H11ClF2N-. The molecule has 1 nitrogen and oxygen atoms in total. The Balaban J connectivity index is 0.000000810. The fourth-order valence-electron chi connectivity index (χ4n) is 1.21. The van der Waals surface area contributed by atoms with E-state index in [4.69, 9.17) is 5.73 Å². The van der Waals surface area contributed by atoms with Crippen molar-refractivity contribution in [2.75, 3.05) is 0 Å². The average Bonchev–Trinajstić information content (AvgIpc) is 1.60. The van der Waals surface area contributed by atoms with Crippen molar-refractivity contribution < 1.29 is 21.2 Å². The lowest BCUT2D eigenvalue weighted by atomic mass is 9.93. The van der Waals surface area contributed by atoms with Crippen LogP contribution in [0.15, 0.2) is 0 Å². The average molecular weight is 171 g/mol. The SMILES string of the molecule is NC1CCCC(F)(F)C1.[Cl-]. The highest BCUT2D eigenvalue weighted by Gasteiger charge is 2.34. The number of halogens is 3. The van der Waals surface area contributed by atoms with Crippen LogP contribution in [0.25, 0.3) is 0 Å². The summed E-state index contributed by atoms with van der Waals surface area (Å²) in [4.78, 5) is 0. The molecule has 0 radical (unpaired) electrons. The van der Waals surface area contributed by atoms with Gasteiger partial charge in [-0.25, -0.2) is 8.78 Å². The van der Waals surface area contributed by atoms with E-state index < -0.39 is 5.92 Å². The van der Waals surface area contributed by atoms with E-state index in [9.17, 15) is 8.78 Å². The van der Waals surface area contributed by atoms with Gasteiger partial charge in [0.2, 0.25) is 5.92 Å². The van der Waals surface area contributed by atoms with Gasteiger partial charge >= 0.3 is 0 Å². The number of alkyl halides is 2. The summed E-state index contributed by atoms with van der Waals surface area (Å²) in [5.41, 5.74) is 5.33. The van der Waals surface area contributed by atoms with Gasteiger partial charge in [0.05, 0.1) is 0 Å². The van der Waals surface area contributed by atoms with E-state index in [0.29, 0.717) is 6.42 Å². The molecule has 1 saturated carbocycles. The summed E-state index contributed by atoms with van der Waals surface area (Å²) in [6, 6.07) is -0.270. The predicted molar refractivity (Wildman–Crippen MR) is 31.4 cm³/mol. The van der Waals surface area contributed by atoms with Crippen LogP contribution in [0.3, 0.4) is 0 Å². The molecule has 1 atom stereocenters. The third-order valence-electron chi connectivity index (χ3n) is 1.68. The molecule has 0 heterocycles. The molecule has 1 aliphatic carbocycles. The molecule has 4 heteroatoms. The van der Waals surface area contributed by atoms with E-state index in [0.717, 1.165) is 6.42 Å². The van der Waals surface area contributed by atoms with Gasteiger partial charge in [0.1, 0.15) is 0 Å². The topological polar surface area (TPSA) is 26.0 Å². The highest BCUT2D eigenvalue weighted by molar-refractivity contribution is 4.79. The zero-order chi connectivity index (χ0) is 6.91. The highest BCUT2D eigenvalue weighted by Crippen LogP contribution is 2.31. The lowest BCUT2D eigenvalue weighted by molar-refractivity contribution is -0.0396. The minimum absolute atomic E-state index is 0. The maximum atomic E-state index is 12.4. The van der Waals surface area contributed by atoms with Gasteiger partial charge in [0.15, 0.2) is 0 Å². The number of hydrogen-bond donors (Lipinski definition) is 1. The Kier molecular flexibility index (Phi) is 3.52. The quantitative estimate of drug-likeness (QED) is 0.472. The van der Waals surface area contributed by atoms with Crippen molar-refractivity contribution in [3.63, 3.8) is 0 Å². The van der Waals surface area contributed by atoms with E-state index >= 15 is 0 Å². The molecule has 62 valence electrons. The van der Waals surface area contributed by atoms with Crippen LogP contribution >= 0.6 is 0 Å². The van der Waals surface area contributed by atoms with Crippen LogP contribution in [0, 0.1) is 0 Å². The molecule has 1 aliphatic rings. The van der Waals surface area contributed by atoms with Crippen molar-refractivity contribution in [2.24, 2.45) is 5.73 Å². The Morgan fingerprint density at radius 3 is 2.30 bits per heavy atom. The van der Waals surface area contributed by atoms with Gasteiger partial charge < -0.3 is 18.1 Å². The summed E-state index contributed by atoms with van der Waals surface area (Å²) in [5, 5.41) is 0. The molecule has 1 unspecified atom stereocenters. The Morgan fingerprint density at radius 2 is 2.00 bits per heavy atom. The second-order valence-corrected chi connectivity index (χ2v) is 2.71. The van der Waals surface area contributed by atoms with E-state index in [2.05, 4.69) is 0 Å². The second-order valence-electron chi connectivity index (χ2n) is 2.71. The van der Waals surface area contributed by atoms with Gasteiger partial charge in [0.25, 0.3) is 0 Å². The van der Waals surface area contributed by atoms with Crippen molar-refractivity contribution in [1.82, 2.24) is 0 Å². The zero-order valence-electron chi connectivity index (χ0n) is 5.62. The van der Waals surface area contributed by atoms with Crippen molar-refractivity contribution in [3.8, 4) is 0 Å². The lowest BCUT2D eigenvalue weighted by Gasteiger charge is -2.25. The van der Waals surface area contributed by atoms with Crippen LogP contribution in [0.1, 0.15) is 25.7 Å². The minimum Gasteiger partial charge on any atom is -1.00 e. The number of nitrogens with two attached hydrogens (primary N) is 1. The van der Waals surface area contributed by atoms with Gasteiger partial charge in [0, 0.05) is 18.9 Å². The summed E-state index contributed by atoms with van der Waals surface area (Å²) in [6.07, 6.45) is 1.25. The minimum atomic E-state index is -2.47. The Morgan fingerprint density at radius 1 is 1.40 bits per heavy atom. The fourth-order valence-corrected chi connectivity index (χ4v) is 1.21.